The van der Waals surface area contributed by atoms with Gasteiger partial charge in [-0.25, -0.2) is 0 Å². The maximum atomic E-state index is 13.2. The Kier molecular flexibility index (Phi) is 11.3. The fourth-order valence-electron chi connectivity index (χ4n) is 4.58. The third-order valence-electron chi connectivity index (χ3n) is 6.59. The fourth-order valence-corrected chi connectivity index (χ4v) is 5.38. The summed E-state index contributed by atoms with van der Waals surface area (Å²) in [6.45, 7) is 1.79. The van der Waals surface area contributed by atoms with Gasteiger partial charge in [-0.3, -0.25) is 14.4 Å². The molecule has 11 nitrogen and oxygen atoms in total. The number of Topliss-reactive ketones (excluding diaryl/α,β-unsaturated/α-hetero) is 1. The minimum absolute atomic E-state index is 0.00408. The third-order valence-corrected chi connectivity index (χ3v) is 7.39. The van der Waals surface area contributed by atoms with E-state index in [-0.39, 0.29) is 50.8 Å². The van der Waals surface area contributed by atoms with Crippen molar-refractivity contribution >= 4 is 40.2 Å². The molecule has 1 aromatic rings. The van der Waals surface area contributed by atoms with Gasteiger partial charge in [0.1, 0.15) is 12.2 Å². The lowest BCUT2D eigenvalue weighted by atomic mass is 9.87. The molecule has 4 N–H and O–H groups in total. The third kappa shape index (κ3) is 7.23. The molecule has 0 radical (unpaired) electrons. The highest BCUT2D eigenvalue weighted by Gasteiger charge is 2.43. The first-order chi connectivity index (χ1) is 18.2. The summed E-state index contributed by atoms with van der Waals surface area (Å²) in [5.41, 5.74) is 0.848. The maximum Gasteiger partial charge on any atom is 0.290 e. The number of hydrogen-bond donors (Lipinski definition) is 4. The van der Waals surface area contributed by atoms with Crippen LogP contribution in [0.4, 0.5) is 0 Å². The van der Waals surface area contributed by atoms with Crippen molar-refractivity contribution in [2.45, 2.75) is 63.6 Å². The molecule has 0 bridgehead atoms. The molecule has 0 aromatic heterocycles. The molecule has 1 heterocycles. The van der Waals surface area contributed by atoms with Gasteiger partial charge in [0.25, 0.3) is 5.91 Å². The van der Waals surface area contributed by atoms with E-state index in [1.807, 2.05) is 22.6 Å². The van der Waals surface area contributed by atoms with Gasteiger partial charge < -0.3 is 39.7 Å². The average molecular weight is 646 g/mol. The Balaban J connectivity index is 2.01. The molecule has 4 atom stereocenters. The number of ether oxygens (including phenoxy) is 3. The van der Waals surface area contributed by atoms with Gasteiger partial charge in [0, 0.05) is 38.1 Å². The lowest BCUT2D eigenvalue weighted by Crippen LogP contribution is -2.57. The van der Waals surface area contributed by atoms with Gasteiger partial charge in [-0.1, -0.05) is 6.92 Å². The molecule has 3 rings (SSSR count). The van der Waals surface area contributed by atoms with Crippen LogP contribution in [0.15, 0.2) is 23.8 Å². The molecule has 38 heavy (non-hydrogen) atoms. The lowest BCUT2D eigenvalue weighted by Gasteiger charge is -2.41. The molecule has 12 heteroatoms. The number of methoxy groups -OCH3 is 1. The van der Waals surface area contributed by atoms with Crippen LogP contribution in [0.5, 0.6) is 11.5 Å². The summed E-state index contributed by atoms with van der Waals surface area (Å²) in [6, 6.07) is 2.36. The summed E-state index contributed by atoms with van der Waals surface area (Å²) in [7, 11) is 1.45. The van der Waals surface area contributed by atoms with Crippen LogP contribution in [-0.2, 0) is 25.7 Å². The number of aliphatic hydroxyl groups excluding tert-OH is 3. The van der Waals surface area contributed by atoms with Crippen molar-refractivity contribution in [1.82, 2.24) is 10.2 Å². The molecule has 1 aliphatic carbocycles. The number of aliphatic hydroxyl groups is 3. The number of amides is 2. The quantitative estimate of drug-likeness (QED) is 0.190. The van der Waals surface area contributed by atoms with E-state index in [0.717, 1.165) is 6.42 Å². The van der Waals surface area contributed by atoms with Crippen LogP contribution < -0.4 is 14.8 Å². The Bertz CT molecular complexity index is 1040. The Labute approximate surface area is 235 Å². The van der Waals surface area contributed by atoms with E-state index in [4.69, 9.17) is 19.3 Å². The minimum Gasteiger partial charge on any atom is -0.493 e. The summed E-state index contributed by atoms with van der Waals surface area (Å²) in [5.74, 6) is -1.22. The number of halogens is 1. The molecular weight excluding hydrogens is 611 g/mol. The molecule has 210 valence electrons. The Hall–Kier alpha value is -2.26. The molecule has 1 saturated heterocycles. The average Bonchev–Trinajstić information content (AvgIpc) is 3.44. The van der Waals surface area contributed by atoms with Gasteiger partial charge in [-0.2, -0.15) is 0 Å². The predicted octanol–water partition coefficient (Wildman–Crippen LogP) is 0.694. The van der Waals surface area contributed by atoms with Gasteiger partial charge in [0.05, 0.1) is 36.0 Å². The standard InChI is InChI=1S/C26H35IN2O9/c1-3-20(32)26(35)29(13-17-5-4-8-37-17)19-11-16(25(34)28-6-7-30)12-21(23(19)33)38-24-18(27)9-15(14-31)10-22(24)36-2/h9-10,12,17,19,21,23,30-31,33H,3-8,11,13-14H2,1-2H3,(H,28,34)/t17-,19-,21+,23+/m1/s1. The van der Waals surface area contributed by atoms with Crippen molar-refractivity contribution in [2.75, 3.05) is 33.4 Å². The molecule has 0 saturated carbocycles. The van der Waals surface area contributed by atoms with Crippen molar-refractivity contribution in [3.63, 3.8) is 0 Å². The summed E-state index contributed by atoms with van der Waals surface area (Å²) in [4.78, 5) is 39.9. The van der Waals surface area contributed by atoms with Crippen molar-refractivity contribution < 1.29 is 43.9 Å². The van der Waals surface area contributed by atoms with Crippen LogP contribution in [0, 0.1) is 3.57 Å². The highest BCUT2D eigenvalue weighted by Crippen LogP contribution is 2.37. The van der Waals surface area contributed by atoms with Crippen LogP contribution in [0.2, 0.25) is 0 Å². The Morgan fingerprint density at radius 1 is 1.26 bits per heavy atom. The van der Waals surface area contributed by atoms with Gasteiger partial charge in [0.2, 0.25) is 11.7 Å². The largest absolute Gasteiger partial charge is 0.493 e. The summed E-state index contributed by atoms with van der Waals surface area (Å²) in [5, 5.41) is 32.8. The Morgan fingerprint density at radius 3 is 2.63 bits per heavy atom. The van der Waals surface area contributed by atoms with Crippen molar-refractivity contribution in [2.24, 2.45) is 0 Å². The predicted molar refractivity (Wildman–Crippen MR) is 145 cm³/mol. The monoisotopic (exact) mass is 646 g/mol. The molecule has 1 aliphatic heterocycles. The van der Waals surface area contributed by atoms with Crippen LogP contribution in [-0.4, -0.2) is 95.6 Å². The van der Waals surface area contributed by atoms with Gasteiger partial charge >= 0.3 is 0 Å². The zero-order valence-electron chi connectivity index (χ0n) is 21.5. The number of nitrogens with zero attached hydrogens (tertiary/aromatic N) is 1. The maximum absolute atomic E-state index is 13.2. The van der Waals surface area contributed by atoms with Crippen LogP contribution >= 0.6 is 22.6 Å². The van der Waals surface area contributed by atoms with Crippen molar-refractivity contribution in [3.8, 4) is 11.5 Å². The number of ketones is 1. The highest BCUT2D eigenvalue weighted by molar-refractivity contribution is 14.1. The highest BCUT2D eigenvalue weighted by atomic mass is 127. The summed E-state index contributed by atoms with van der Waals surface area (Å²) < 4.78 is 18.0. The SMILES string of the molecule is CCC(=O)C(=O)N(C[C@H]1CCCO1)[C@@H]1CC(C(=O)NCCO)=C[C@H](Oc2c(I)cc(CO)cc2OC)[C@H]1O. The van der Waals surface area contributed by atoms with E-state index >= 15 is 0 Å². The number of rotatable bonds is 12. The first-order valence-corrected chi connectivity index (χ1v) is 13.7. The normalized spacial score (nSPS) is 22.9. The van der Waals surface area contributed by atoms with Crippen molar-refractivity contribution in [1.29, 1.82) is 0 Å². The number of nitrogens with one attached hydrogen (secondary N) is 1. The number of carbonyl (C=O) groups excluding carboxylic acids is 3. The smallest absolute Gasteiger partial charge is 0.290 e. The first kappa shape index (κ1) is 30.3. The first-order valence-electron chi connectivity index (χ1n) is 12.6. The summed E-state index contributed by atoms with van der Waals surface area (Å²) >= 11 is 2.02. The van der Waals surface area contributed by atoms with Gasteiger partial charge in [-0.05, 0) is 59.2 Å². The van der Waals surface area contributed by atoms with Gasteiger partial charge in [0.15, 0.2) is 11.5 Å². The van der Waals surface area contributed by atoms with E-state index in [1.165, 1.54) is 18.1 Å². The molecular formula is C26H35IN2O9. The molecule has 2 aliphatic rings. The zero-order chi connectivity index (χ0) is 27.8. The van der Waals surface area contributed by atoms with Crippen molar-refractivity contribution in [3.05, 3.63) is 32.9 Å². The van der Waals surface area contributed by atoms with E-state index in [2.05, 4.69) is 5.32 Å². The second kappa shape index (κ2) is 14.2. The van der Waals surface area contributed by atoms with Crippen LogP contribution in [0.25, 0.3) is 0 Å². The topological polar surface area (TPSA) is 155 Å². The number of hydrogen-bond acceptors (Lipinski definition) is 9. The van der Waals surface area contributed by atoms with Crippen LogP contribution in [0.1, 0.15) is 38.2 Å². The second-order valence-corrected chi connectivity index (χ2v) is 10.3. The fraction of sp³-hybridized carbons (Fsp3) is 0.577. The van der Waals surface area contributed by atoms with Gasteiger partial charge in [-0.15, -0.1) is 0 Å². The minimum atomic E-state index is -1.29. The molecule has 0 unspecified atom stereocenters. The second-order valence-electron chi connectivity index (χ2n) is 9.15. The van der Waals surface area contributed by atoms with Crippen LogP contribution in [0.3, 0.4) is 0 Å². The molecule has 1 fully saturated rings. The lowest BCUT2D eigenvalue weighted by molar-refractivity contribution is -0.150. The van der Waals surface area contributed by atoms with E-state index in [1.54, 1.807) is 19.1 Å². The van der Waals surface area contributed by atoms with E-state index < -0.39 is 35.8 Å². The number of carbonyl (C=O) groups is 3. The molecule has 2 amide bonds. The molecule has 1 aromatic carbocycles. The van der Waals surface area contributed by atoms with E-state index in [9.17, 15) is 24.6 Å². The zero-order valence-corrected chi connectivity index (χ0v) is 23.7. The molecule has 0 spiro atoms. The van der Waals surface area contributed by atoms with E-state index in [0.29, 0.717) is 33.7 Å². The Morgan fingerprint density at radius 2 is 2.03 bits per heavy atom. The summed E-state index contributed by atoms with van der Waals surface area (Å²) in [6.07, 6.45) is 0.324. The number of benzene rings is 1.